The van der Waals surface area contributed by atoms with Crippen molar-refractivity contribution in [3.63, 3.8) is 0 Å². The molecule has 1 saturated carbocycles. The fourth-order valence-corrected chi connectivity index (χ4v) is 3.94. The molecule has 0 spiro atoms. The van der Waals surface area contributed by atoms with Crippen molar-refractivity contribution < 1.29 is 23.2 Å². The quantitative estimate of drug-likeness (QED) is 0.568. The summed E-state index contributed by atoms with van der Waals surface area (Å²) in [5, 5.41) is 3.10. The standard InChI is InChI=1S/C24H26N2O5/c1-2-29-19-13-11-18(12-14-19)26(24(28)21-10-6-16-31-21)22(20-9-5-15-30-20)23(27)25-17-7-3-4-8-17/h5-6,9-17,22H,2-4,7-8H2,1H3,(H,25,27)/t22-/m1/s1. The van der Waals surface area contributed by atoms with Crippen molar-refractivity contribution in [2.24, 2.45) is 0 Å². The van der Waals surface area contributed by atoms with Gasteiger partial charge >= 0.3 is 0 Å². The van der Waals surface area contributed by atoms with Crippen LogP contribution in [0.5, 0.6) is 5.75 Å². The summed E-state index contributed by atoms with van der Waals surface area (Å²) < 4.78 is 16.5. The normalized spacial score (nSPS) is 14.9. The van der Waals surface area contributed by atoms with Gasteiger partial charge in [-0.05, 0) is 68.3 Å². The fraction of sp³-hybridized carbons (Fsp3) is 0.333. The third-order valence-electron chi connectivity index (χ3n) is 5.40. The Labute approximate surface area is 181 Å². The molecule has 0 radical (unpaired) electrons. The third-order valence-corrected chi connectivity index (χ3v) is 5.40. The second-order valence-corrected chi connectivity index (χ2v) is 7.49. The summed E-state index contributed by atoms with van der Waals surface area (Å²) in [6, 6.07) is 12.8. The van der Waals surface area contributed by atoms with Gasteiger partial charge in [-0.1, -0.05) is 12.8 Å². The lowest BCUT2D eigenvalue weighted by Gasteiger charge is -2.30. The van der Waals surface area contributed by atoms with Crippen molar-refractivity contribution in [3.8, 4) is 5.75 Å². The Hall–Kier alpha value is -3.48. The van der Waals surface area contributed by atoms with Crippen molar-refractivity contribution >= 4 is 17.5 Å². The first-order valence-electron chi connectivity index (χ1n) is 10.6. The number of nitrogens with one attached hydrogen (secondary N) is 1. The highest BCUT2D eigenvalue weighted by atomic mass is 16.5. The maximum Gasteiger partial charge on any atom is 0.295 e. The van der Waals surface area contributed by atoms with E-state index >= 15 is 0 Å². The smallest absolute Gasteiger partial charge is 0.295 e. The highest BCUT2D eigenvalue weighted by Gasteiger charge is 2.37. The molecule has 1 aliphatic carbocycles. The van der Waals surface area contributed by atoms with Crippen LogP contribution in [0.4, 0.5) is 5.69 Å². The summed E-state index contributed by atoms with van der Waals surface area (Å²) in [5.41, 5.74) is 0.535. The molecular weight excluding hydrogens is 396 g/mol. The van der Waals surface area contributed by atoms with Gasteiger partial charge in [-0.25, -0.2) is 0 Å². The average molecular weight is 422 g/mol. The molecular formula is C24H26N2O5. The molecule has 0 saturated heterocycles. The monoisotopic (exact) mass is 422 g/mol. The minimum atomic E-state index is -0.980. The Balaban J connectivity index is 1.73. The van der Waals surface area contributed by atoms with Crippen LogP contribution >= 0.6 is 0 Å². The van der Waals surface area contributed by atoms with E-state index in [1.165, 1.54) is 17.4 Å². The molecule has 1 fully saturated rings. The van der Waals surface area contributed by atoms with Gasteiger partial charge in [0.1, 0.15) is 11.5 Å². The molecule has 0 aliphatic heterocycles. The Kier molecular flexibility index (Phi) is 6.40. The summed E-state index contributed by atoms with van der Waals surface area (Å²) in [4.78, 5) is 28.3. The van der Waals surface area contributed by atoms with Crippen molar-refractivity contribution in [1.29, 1.82) is 0 Å². The summed E-state index contributed by atoms with van der Waals surface area (Å²) in [6.45, 7) is 2.44. The second-order valence-electron chi connectivity index (χ2n) is 7.49. The van der Waals surface area contributed by atoms with E-state index in [2.05, 4.69) is 5.32 Å². The zero-order valence-corrected chi connectivity index (χ0v) is 17.5. The number of amides is 2. The zero-order chi connectivity index (χ0) is 21.6. The molecule has 2 amide bonds. The Bertz CT molecular complexity index is 974. The molecule has 1 aliphatic rings. The van der Waals surface area contributed by atoms with Crippen LogP contribution in [0.3, 0.4) is 0 Å². The Morgan fingerprint density at radius 1 is 1.06 bits per heavy atom. The number of rotatable bonds is 8. The van der Waals surface area contributed by atoms with Crippen LogP contribution in [-0.2, 0) is 4.79 Å². The molecule has 7 nitrogen and oxygen atoms in total. The van der Waals surface area contributed by atoms with Gasteiger partial charge in [-0.2, -0.15) is 0 Å². The van der Waals surface area contributed by atoms with Gasteiger partial charge in [-0.3, -0.25) is 14.5 Å². The van der Waals surface area contributed by atoms with E-state index in [0.29, 0.717) is 23.8 Å². The number of hydrogen-bond donors (Lipinski definition) is 1. The maximum atomic E-state index is 13.5. The van der Waals surface area contributed by atoms with Gasteiger partial charge in [0.25, 0.3) is 11.8 Å². The minimum absolute atomic E-state index is 0.103. The molecule has 1 aromatic carbocycles. The highest BCUT2D eigenvalue weighted by molar-refractivity contribution is 6.08. The lowest BCUT2D eigenvalue weighted by atomic mass is 10.1. The molecule has 2 aromatic heterocycles. The van der Waals surface area contributed by atoms with Crippen LogP contribution in [-0.4, -0.2) is 24.5 Å². The number of furan rings is 2. The summed E-state index contributed by atoms with van der Waals surface area (Å²) in [5.74, 6) is 0.484. The predicted octanol–water partition coefficient (Wildman–Crippen LogP) is 4.72. The molecule has 162 valence electrons. The van der Waals surface area contributed by atoms with E-state index in [-0.39, 0.29) is 17.7 Å². The number of carbonyl (C=O) groups excluding carboxylic acids is 2. The van der Waals surface area contributed by atoms with Crippen LogP contribution in [0, 0.1) is 0 Å². The Morgan fingerprint density at radius 3 is 2.39 bits per heavy atom. The molecule has 1 N–H and O–H groups in total. The number of anilines is 1. The van der Waals surface area contributed by atoms with Crippen LogP contribution in [0.1, 0.15) is 55.0 Å². The second kappa shape index (κ2) is 9.55. The topological polar surface area (TPSA) is 84.9 Å². The molecule has 3 aromatic rings. The lowest BCUT2D eigenvalue weighted by Crippen LogP contribution is -2.46. The van der Waals surface area contributed by atoms with Crippen LogP contribution in [0.15, 0.2) is 69.9 Å². The van der Waals surface area contributed by atoms with E-state index in [1.54, 1.807) is 48.5 Å². The fourth-order valence-electron chi connectivity index (χ4n) is 3.94. The zero-order valence-electron chi connectivity index (χ0n) is 17.5. The van der Waals surface area contributed by atoms with Gasteiger partial charge in [0, 0.05) is 11.7 Å². The van der Waals surface area contributed by atoms with E-state index in [1.807, 2.05) is 6.92 Å². The maximum absolute atomic E-state index is 13.5. The van der Waals surface area contributed by atoms with Gasteiger partial charge in [0.15, 0.2) is 11.8 Å². The number of ether oxygens (including phenoxy) is 1. The van der Waals surface area contributed by atoms with Crippen molar-refractivity contribution in [3.05, 3.63) is 72.6 Å². The first-order chi connectivity index (χ1) is 15.2. The van der Waals surface area contributed by atoms with Crippen LogP contribution in [0.2, 0.25) is 0 Å². The molecule has 7 heteroatoms. The molecule has 2 heterocycles. The predicted molar refractivity (Wildman–Crippen MR) is 115 cm³/mol. The highest BCUT2D eigenvalue weighted by Crippen LogP contribution is 2.32. The first-order valence-corrected chi connectivity index (χ1v) is 10.6. The Morgan fingerprint density at radius 2 is 1.77 bits per heavy atom. The number of nitrogens with zero attached hydrogens (tertiary/aromatic N) is 1. The van der Waals surface area contributed by atoms with E-state index < -0.39 is 11.9 Å². The van der Waals surface area contributed by atoms with E-state index in [9.17, 15) is 9.59 Å². The third kappa shape index (κ3) is 4.66. The number of carbonyl (C=O) groups is 2. The minimum Gasteiger partial charge on any atom is -0.494 e. The molecule has 0 unspecified atom stereocenters. The summed E-state index contributed by atoms with van der Waals surface area (Å²) in [7, 11) is 0. The van der Waals surface area contributed by atoms with E-state index in [4.69, 9.17) is 13.6 Å². The van der Waals surface area contributed by atoms with Gasteiger partial charge < -0.3 is 18.9 Å². The van der Waals surface area contributed by atoms with E-state index in [0.717, 1.165) is 25.7 Å². The first kappa shape index (κ1) is 20.8. The molecule has 31 heavy (non-hydrogen) atoms. The van der Waals surface area contributed by atoms with Gasteiger partial charge in [0.2, 0.25) is 0 Å². The van der Waals surface area contributed by atoms with Gasteiger partial charge in [-0.15, -0.1) is 0 Å². The van der Waals surface area contributed by atoms with Crippen LogP contribution in [0.25, 0.3) is 0 Å². The summed E-state index contributed by atoms with van der Waals surface area (Å²) >= 11 is 0. The molecule has 4 rings (SSSR count). The molecule has 0 bridgehead atoms. The van der Waals surface area contributed by atoms with Crippen LogP contribution < -0.4 is 15.0 Å². The average Bonchev–Trinajstić information content (AvgIpc) is 3.56. The lowest BCUT2D eigenvalue weighted by molar-refractivity contribution is -0.123. The SMILES string of the molecule is CCOc1ccc(N(C(=O)c2ccco2)[C@@H](C(=O)NC2CCCC2)c2ccco2)cc1. The largest absolute Gasteiger partial charge is 0.494 e. The molecule has 1 atom stereocenters. The van der Waals surface area contributed by atoms with Gasteiger partial charge in [0.05, 0.1) is 19.1 Å². The summed E-state index contributed by atoms with van der Waals surface area (Å²) in [6.07, 6.45) is 6.98. The van der Waals surface area contributed by atoms with Crippen molar-refractivity contribution in [2.45, 2.75) is 44.7 Å². The number of hydrogen-bond acceptors (Lipinski definition) is 5. The number of benzene rings is 1. The van der Waals surface area contributed by atoms with Crippen molar-refractivity contribution in [1.82, 2.24) is 5.32 Å². The van der Waals surface area contributed by atoms with Crippen molar-refractivity contribution in [2.75, 3.05) is 11.5 Å².